The summed E-state index contributed by atoms with van der Waals surface area (Å²) in [4.78, 5) is 0. The Labute approximate surface area is 87.2 Å². The first kappa shape index (κ1) is 8.42. The van der Waals surface area contributed by atoms with E-state index in [1.54, 1.807) is 12.1 Å². The Morgan fingerprint density at radius 2 is 2.33 bits per heavy atom. The molecule has 2 unspecified atom stereocenters. The van der Waals surface area contributed by atoms with Crippen molar-refractivity contribution in [3.8, 4) is 6.07 Å². The SMILES string of the molecule is CC1CC1c1nnc2cc(C#N)ccn12. The first-order valence-electron chi connectivity index (χ1n) is 5.04. The normalized spacial score (nSPS) is 24.0. The van der Waals surface area contributed by atoms with Crippen LogP contribution in [-0.2, 0) is 0 Å². The van der Waals surface area contributed by atoms with Gasteiger partial charge in [0.2, 0.25) is 0 Å². The molecule has 0 amide bonds. The zero-order chi connectivity index (χ0) is 10.4. The van der Waals surface area contributed by atoms with Crippen LogP contribution in [0.25, 0.3) is 5.65 Å². The molecule has 3 rings (SSSR count). The average molecular weight is 198 g/mol. The molecule has 2 heterocycles. The Hall–Kier alpha value is -1.89. The van der Waals surface area contributed by atoms with Gasteiger partial charge in [-0.25, -0.2) is 0 Å². The molecule has 1 fully saturated rings. The van der Waals surface area contributed by atoms with Crippen molar-refractivity contribution < 1.29 is 0 Å². The van der Waals surface area contributed by atoms with Crippen molar-refractivity contribution >= 4 is 5.65 Å². The molecular formula is C11H10N4. The summed E-state index contributed by atoms with van der Waals surface area (Å²) in [5.74, 6) is 2.29. The number of nitriles is 1. The molecule has 0 saturated heterocycles. The third kappa shape index (κ3) is 1.20. The van der Waals surface area contributed by atoms with Gasteiger partial charge in [-0.1, -0.05) is 6.92 Å². The fraction of sp³-hybridized carbons (Fsp3) is 0.364. The molecule has 0 aromatic carbocycles. The van der Waals surface area contributed by atoms with E-state index in [9.17, 15) is 0 Å². The first-order valence-corrected chi connectivity index (χ1v) is 5.04. The number of fused-ring (bicyclic) bond motifs is 1. The van der Waals surface area contributed by atoms with E-state index >= 15 is 0 Å². The predicted molar refractivity (Wildman–Crippen MR) is 54.2 cm³/mol. The molecule has 1 saturated carbocycles. The highest BCUT2D eigenvalue weighted by Gasteiger charge is 2.37. The molecule has 2 aromatic heterocycles. The van der Waals surface area contributed by atoms with Crippen molar-refractivity contribution in [2.24, 2.45) is 5.92 Å². The van der Waals surface area contributed by atoms with E-state index in [2.05, 4.69) is 23.2 Å². The summed E-state index contributed by atoms with van der Waals surface area (Å²) < 4.78 is 1.98. The summed E-state index contributed by atoms with van der Waals surface area (Å²) >= 11 is 0. The van der Waals surface area contributed by atoms with Crippen LogP contribution in [0.1, 0.15) is 30.7 Å². The van der Waals surface area contributed by atoms with E-state index in [1.807, 2.05) is 10.6 Å². The second kappa shape index (κ2) is 2.80. The van der Waals surface area contributed by atoms with Gasteiger partial charge in [-0.2, -0.15) is 5.26 Å². The van der Waals surface area contributed by atoms with E-state index in [0.29, 0.717) is 17.4 Å². The molecule has 2 atom stereocenters. The van der Waals surface area contributed by atoms with E-state index in [4.69, 9.17) is 5.26 Å². The Morgan fingerprint density at radius 1 is 1.53 bits per heavy atom. The lowest BCUT2D eigenvalue weighted by molar-refractivity contribution is 0.826. The van der Waals surface area contributed by atoms with Crippen molar-refractivity contribution in [3.05, 3.63) is 29.7 Å². The topological polar surface area (TPSA) is 54.0 Å². The number of hydrogen-bond donors (Lipinski definition) is 0. The Kier molecular flexibility index (Phi) is 1.57. The van der Waals surface area contributed by atoms with Gasteiger partial charge in [0.15, 0.2) is 5.65 Å². The molecule has 1 aliphatic carbocycles. The van der Waals surface area contributed by atoms with E-state index in [0.717, 1.165) is 11.5 Å². The van der Waals surface area contributed by atoms with Gasteiger partial charge in [-0.15, -0.1) is 10.2 Å². The van der Waals surface area contributed by atoms with E-state index in [1.165, 1.54) is 6.42 Å². The van der Waals surface area contributed by atoms with Crippen LogP contribution in [0.5, 0.6) is 0 Å². The van der Waals surface area contributed by atoms with Crippen LogP contribution in [-0.4, -0.2) is 14.6 Å². The zero-order valence-electron chi connectivity index (χ0n) is 8.38. The first-order chi connectivity index (χ1) is 7.29. The number of rotatable bonds is 1. The van der Waals surface area contributed by atoms with Crippen molar-refractivity contribution in [2.45, 2.75) is 19.3 Å². The number of nitrogens with zero attached hydrogens (tertiary/aromatic N) is 4. The lowest BCUT2D eigenvalue weighted by Crippen LogP contribution is -1.93. The molecule has 0 spiro atoms. The molecule has 15 heavy (non-hydrogen) atoms. The van der Waals surface area contributed by atoms with Crippen LogP contribution in [0.2, 0.25) is 0 Å². The Balaban J connectivity index is 2.15. The number of aromatic nitrogens is 3. The largest absolute Gasteiger partial charge is 0.286 e. The third-order valence-electron chi connectivity index (χ3n) is 3.01. The lowest BCUT2D eigenvalue weighted by atomic mass is 10.3. The van der Waals surface area contributed by atoms with Crippen LogP contribution >= 0.6 is 0 Å². The standard InChI is InChI=1S/C11H10N4/c1-7-4-9(7)11-14-13-10-5-8(6-12)2-3-15(10)11/h2-3,5,7,9H,4H2,1H3. The highest BCUT2D eigenvalue weighted by molar-refractivity contribution is 5.46. The second-order valence-corrected chi connectivity index (χ2v) is 4.13. The second-order valence-electron chi connectivity index (χ2n) is 4.13. The van der Waals surface area contributed by atoms with Crippen molar-refractivity contribution in [2.75, 3.05) is 0 Å². The summed E-state index contributed by atoms with van der Waals surface area (Å²) in [5, 5.41) is 17.0. The molecule has 4 nitrogen and oxygen atoms in total. The van der Waals surface area contributed by atoms with E-state index < -0.39 is 0 Å². The molecule has 0 N–H and O–H groups in total. The van der Waals surface area contributed by atoms with Crippen LogP contribution < -0.4 is 0 Å². The van der Waals surface area contributed by atoms with E-state index in [-0.39, 0.29) is 0 Å². The fourth-order valence-electron chi connectivity index (χ4n) is 1.91. The molecule has 1 aliphatic rings. The molecule has 0 aliphatic heterocycles. The molecule has 0 bridgehead atoms. The average Bonchev–Trinajstić information content (AvgIpc) is 2.84. The van der Waals surface area contributed by atoms with Gasteiger partial charge in [0.1, 0.15) is 5.82 Å². The van der Waals surface area contributed by atoms with Crippen LogP contribution in [0.3, 0.4) is 0 Å². The van der Waals surface area contributed by atoms with Gasteiger partial charge in [0, 0.05) is 18.2 Å². The van der Waals surface area contributed by atoms with Crippen molar-refractivity contribution in [1.29, 1.82) is 5.26 Å². The minimum Gasteiger partial charge on any atom is -0.286 e. The van der Waals surface area contributed by atoms with Crippen LogP contribution in [0.15, 0.2) is 18.3 Å². The van der Waals surface area contributed by atoms with Gasteiger partial charge < -0.3 is 0 Å². The highest BCUT2D eigenvalue weighted by Crippen LogP contribution is 2.45. The van der Waals surface area contributed by atoms with Gasteiger partial charge in [-0.05, 0) is 18.4 Å². The lowest BCUT2D eigenvalue weighted by Gasteiger charge is -1.97. The van der Waals surface area contributed by atoms with Crippen molar-refractivity contribution in [3.63, 3.8) is 0 Å². The predicted octanol–water partition coefficient (Wildman–Crippen LogP) is 1.72. The zero-order valence-corrected chi connectivity index (χ0v) is 8.38. The number of pyridine rings is 1. The van der Waals surface area contributed by atoms with Crippen LogP contribution in [0, 0.1) is 17.2 Å². The molecule has 74 valence electrons. The summed E-state index contributed by atoms with van der Waals surface area (Å²) in [6.45, 7) is 2.22. The molecular weight excluding hydrogens is 188 g/mol. The maximum atomic E-state index is 8.76. The Morgan fingerprint density at radius 3 is 3.00 bits per heavy atom. The summed E-state index contributed by atoms with van der Waals surface area (Å²) in [5.41, 5.74) is 1.40. The van der Waals surface area contributed by atoms with Gasteiger partial charge >= 0.3 is 0 Å². The smallest absolute Gasteiger partial charge is 0.162 e. The molecule has 2 aromatic rings. The Bertz CT molecular complexity index is 563. The maximum absolute atomic E-state index is 8.76. The third-order valence-corrected chi connectivity index (χ3v) is 3.01. The fourth-order valence-corrected chi connectivity index (χ4v) is 1.91. The minimum absolute atomic E-state index is 0.549. The summed E-state index contributed by atoms with van der Waals surface area (Å²) in [6, 6.07) is 5.67. The molecule has 0 radical (unpaired) electrons. The minimum atomic E-state index is 0.549. The monoisotopic (exact) mass is 198 g/mol. The van der Waals surface area contributed by atoms with Gasteiger partial charge in [0.25, 0.3) is 0 Å². The van der Waals surface area contributed by atoms with Crippen molar-refractivity contribution in [1.82, 2.24) is 14.6 Å². The van der Waals surface area contributed by atoms with Gasteiger partial charge in [-0.3, -0.25) is 4.40 Å². The van der Waals surface area contributed by atoms with Gasteiger partial charge in [0.05, 0.1) is 11.6 Å². The summed E-state index contributed by atoms with van der Waals surface area (Å²) in [7, 11) is 0. The van der Waals surface area contributed by atoms with Crippen LogP contribution in [0.4, 0.5) is 0 Å². The maximum Gasteiger partial charge on any atom is 0.162 e. The summed E-state index contributed by atoms with van der Waals surface area (Å²) in [6.07, 6.45) is 3.08. The number of hydrogen-bond acceptors (Lipinski definition) is 3. The quantitative estimate of drug-likeness (QED) is 0.701. The molecule has 4 heteroatoms. The highest BCUT2D eigenvalue weighted by atomic mass is 15.2.